The van der Waals surface area contributed by atoms with Crippen LogP contribution in [-0.4, -0.2) is 21.0 Å². The van der Waals surface area contributed by atoms with Crippen molar-refractivity contribution in [3.05, 3.63) is 101 Å². The van der Waals surface area contributed by atoms with Crippen LogP contribution in [0.3, 0.4) is 0 Å². The van der Waals surface area contributed by atoms with Crippen LogP contribution in [0.2, 0.25) is 10.0 Å². The first-order chi connectivity index (χ1) is 15.2. The molecule has 0 bridgehead atoms. The van der Waals surface area contributed by atoms with Crippen LogP contribution in [0.15, 0.2) is 59.6 Å². The molecule has 0 saturated carbocycles. The largest absolute Gasteiger partial charge is 0.447 e. The Morgan fingerprint density at radius 1 is 0.781 bits per heavy atom. The van der Waals surface area contributed by atoms with Crippen molar-refractivity contribution >= 4 is 52.2 Å². The molecule has 0 radical (unpaired) electrons. The van der Waals surface area contributed by atoms with Crippen molar-refractivity contribution in [2.45, 2.75) is 0 Å². The van der Waals surface area contributed by atoms with Crippen LogP contribution < -0.4 is 4.74 Å². The second-order valence-corrected chi connectivity index (χ2v) is 6.93. The third-order valence-electron chi connectivity index (χ3n) is 4.01. The van der Waals surface area contributed by atoms with Gasteiger partial charge in [-0.2, -0.15) is 0 Å². The minimum atomic E-state index is -0.824. The Kier molecular flexibility index (Phi) is 6.61. The van der Waals surface area contributed by atoms with E-state index in [9.17, 15) is 30.3 Å². The van der Waals surface area contributed by atoms with E-state index in [1.807, 2.05) is 0 Å². The predicted octanol–water partition coefficient (Wildman–Crippen LogP) is 6.26. The zero-order valence-corrected chi connectivity index (χ0v) is 17.2. The van der Waals surface area contributed by atoms with Gasteiger partial charge in [0.1, 0.15) is 0 Å². The highest BCUT2D eigenvalue weighted by molar-refractivity contribution is 6.37. The summed E-state index contributed by atoms with van der Waals surface area (Å²) in [6.45, 7) is 0. The number of hydrogen-bond acceptors (Lipinski definition) is 8. The normalized spacial score (nSPS) is 10.8. The van der Waals surface area contributed by atoms with Crippen molar-refractivity contribution in [1.82, 2.24) is 0 Å². The van der Waals surface area contributed by atoms with Crippen LogP contribution in [0, 0.1) is 30.3 Å². The van der Waals surface area contributed by atoms with E-state index in [4.69, 9.17) is 27.9 Å². The molecule has 0 aliphatic rings. The molecule has 3 aromatic carbocycles. The van der Waals surface area contributed by atoms with Gasteiger partial charge in [0, 0.05) is 24.4 Å². The molecule has 0 saturated heterocycles. The van der Waals surface area contributed by atoms with Crippen LogP contribution in [0.1, 0.15) is 5.56 Å². The fourth-order valence-electron chi connectivity index (χ4n) is 2.52. The van der Waals surface area contributed by atoms with Gasteiger partial charge >= 0.3 is 5.69 Å². The van der Waals surface area contributed by atoms with Crippen molar-refractivity contribution in [2.24, 2.45) is 4.99 Å². The lowest BCUT2D eigenvalue weighted by Crippen LogP contribution is -1.97. The molecule has 13 heteroatoms. The number of nitro benzene ring substituents is 3. The lowest BCUT2D eigenvalue weighted by molar-refractivity contribution is -0.394. The van der Waals surface area contributed by atoms with E-state index in [0.29, 0.717) is 11.3 Å². The van der Waals surface area contributed by atoms with Gasteiger partial charge in [0.2, 0.25) is 5.75 Å². The topological polar surface area (TPSA) is 151 Å². The number of nitrogens with zero attached hydrogens (tertiary/aromatic N) is 4. The summed E-state index contributed by atoms with van der Waals surface area (Å²) in [5, 5.41) is 32.8. The highest BCUT2D eigenvalue weighted by Crippen LogP contribution is 2.41. The van der Waals surface area contributed by atoms with Gasteiger partial charge in [-0.25, -0.2) is 0 Å². The molecule has 0 fully saturated rings. The van der Waals surface area contributed by atoms with Gasteiger partial charge in [-0.05, 0) is 35.9 Å². The molecular weight excluding hydrogens is 467 g/mol. The van der Waals surface area contributed by atoms with Crippen molar-refractivity contribution in [1.29, 1.82) is 0 Å². The molecule has 0 unspecified atom stereocenters. The number of ether oxygens (including phenoxy) is 1. The number of hydrogen-bond donors (Lipinski definition) is 0. The smallest absolute Gasteiger partial charge is 0.318 e. The Hall–Kier alpha value is -4.09. The SMILES string of the molecule is O=[N+]([O-])c1ccc(N=Cc2cc(Cl)c(Oc3ccc([N+](=O)[O-])cc3[N+](=O)[O-])c(Cl)c2)cc1. The average Bonchev–Trinajstić information content (AvgIpc) is 2.74. The molecule has 0 spiro atoms. The van der Waals surface area contributed by atoms with Crippen LogP contribution >= 0.6 is 23.2 Å². The van der Waals surface area contributed by atoms with Crippen molar-refractivity contribution in [2.75, 3.05) is 0 Å². The molecule has 0 aromatic heterocycles. The molecule has 11 nitrogen and oxygen atoms in total. The van der Waals surface area contributed by atoms with Crippen molar-refractivity contribution < 1.29 is 19.5 Å². The summed E-state index contributed by atoms with van der Waals surface area (Å²) in [4.78, 5) is 34.9. The molecule has 0 heterocycles. The number of nitro groups is 3. The minimum absolute atomic E-state index is 0.00954. The molecule has 0 atom stereocenters. The lowest BCUT2D eigenvalue weighted by Gasteiger charge is -2.10. The molecular formula is C19H10Cl2N4O7. The van der Waals surface area contributed by atoms with E-state index < -0.39 is 26.1 Å². The minimum Gasteiger partial charge on any atom is -0.447 e. The standard InChI is InChI=1S/C19H10Cl2N4O7/c20-15-7-11(10-22-12-1-3-13(4-2-12)23(26)27)8-16(21)19(15)32-18-6-5-14(24(28)29)9-17(18)25(30)31/h1-10H. The highest BCUT2D eigenvalue weighted by atomic mass is 35.5. The fourth-order valence-corrected chi connectivity index (χ4v) is 3.10. The van der Waals surface area contributed by atoms with Crippen LogP contribution in [0.5, 0.6) is 11.5 Å². The Morgan fingerprint density at radius 2 is 1.34 bits per heavy atom. The molecule has 0 amide bonds. The van der Waals surface area contributed by atoms with Gasteiger partial charge in [0.25, 0.3) is 11.4 Å². The maximum absolute atomic E-state index is 11.3. The van der Waals surface area contributed by atoms with Gasteiger partial charge in [-0.1, -0.05) is 23.2 Å². The number of halogens is 2. The number of rotatable bonds is 7. The molecule has 162 valence electrons. The van der Waals surface area contributed by atoms with Gasteiger partial charge < -0.3 is 4.74 Å². The molecule has 0 aliphatic heterocycles. The molecule has 0 N–H and O–H groups in total. The third-order valence-corrected chi connectivity index (χ3v) is 4.57. The Morgan fingerprint density at radius 3 is 1.88 bits per heavy atom. The Bertz CT molecular complexity index is 1240. The summed E-state index contributed by atoms with van der Waals surface area (Å²) in [7, 11) is 0. The van der Waals surface area contributed by atoms with Gasteiger partial charge in [-0.15, -0.1) is 0 Å². The maximum atomic E-state index is 11.3. The first kappa shape index (κ1) is 22.6. The Labute approximate surface area is 188 Å². The van der Waals surface area contributed by atoms with E-state index >= 15 is 0 Å². The number of aliphatic imine (C=N–C) groups is 1. The van der Waals surface area contributed by atoms with Gasteiger partial charge in [0.15, 0.2) is 5.75 Å². The summed E-state index contributed by atoms with van der Waals surface area (Å²) in [6, 6.07) is 11.3. The molecule has 3 rings (SSSR count). The summed E-state index contributed by atoms with van der Waals surface area (Å²) < 4.78 is 5.48. The van der Waals surface area contributed by atoms with Crippen LogP contribution in [-0.2, 0) is 0 Å². The van der Waals surface area contributed by atoms with Crippen molar-refractivity contribution in [3.63, 3.8) is 0 Å². The van der Waals surface area contributed by atoms with E-state index in [2.05, 4.69) is 4.99 Å². The number of benzene rings is 3. The summed E-state index contributed by atoms with van der Waals surface area (Å²) in [5.74, 6) is -0.366. The second kappa shape index (κ2) is 9.37. The summed E-state index contributed by atoms with van der Waals surface area (Å²) in [5.41, 5.74) is -0.264. The van der Waals surface area contributed by atoms with E-state index in [1.54, 1.807) is 0 Å². The van der Waals surface area contributed by atoms with Crippen LogP contribution in [0.4, 0.5) is 22.7 Å². The zero-order valence-electron chi connectivity index (χ0n) is 15.7. The van der Waals surface area contributed by atoms with E-state index in [1.165, 1.54) is 42.6 Å². The fraction of sp³-hybridized carbons (Fsp3) is 0. The van der Waals surface area contributed by atoms with Crippen LogP contribution in [0.25, 0.3) is 0 Å². The van der Waals surface area contributed by atoms with Crippen molar-refractivity contribution in [3.8, 4) is 11.5 Å². The van der Waals surface area contributed by atoms with Gasteiger partial charge in [-0.3, -0.25) is 35.3 Å². The lowest BCUT2D eigenvalue weighted by atomic mass is 10.2. The predicted molar refractivity (Wildman–Crippen MR) is 117 cm³/mol. The van der Waals surface area contributed by atoms with Gasteiger partial charge in [0.05, 0.1) is 36.6 Å². The van der Waals surface area contributed by atoms with E-state index in [0.717, 1.165) is 18.2 Å². The Balaban J connectivity index is 1.87. The molecule has 0 aliphatic carbocycles. The molecule has 3 aromatic rings. The summed E-state index contributed by atoms with van der Waals surface area (Å²) >= 11 is 12.4. The molecule has 32 heavy (non-hydrogen) atoms. The average molecular weight is 477 g/mol. The second-order valence-electron chi connectivity index (χ2n) is 6.11. The highest BCUT2D eigenvalue weighted by Gasteiger charge is 2.23. The van der Waals surface area contributed by atoms with E-state index in [-0.39, 0.29) is 27.2 Å². The monoisotopic (exact) mass is 476 g/mol. The first-order valence-electron chi connectivity index (χ1n) is 8.54. The maximum Gasteiger partial charge on any atom is 0.318 e. The number of non-ortho nitro benzene ring substituents is 2. The third kappa shape index (κ3) is 5.14. The zero-order chi connectivity index (χ0) is 23.4. The first-order valence-corrected chi connectivity index (χ1v) is 9.29. The summed E-state index contributed by atoms with van der Waals surface area (Å²) in [6.07, 6.45) is 1.41. The quantitative estimate of drug-likeness (QED) is 0.221.